The Kier molecular flexibility index (Phi) is 7.06. The number of phenols is 3. The van der Waals surface area contributed by atoms with E-state index in [1.54, 1.807) is 36.4 Å². The maximum atomic E-state index is 10.5. The van der Waals surface area contributed by atoms with Gasteiger partial charge >= 0.3 is 0 Å². The molecule has 4 aromatic rings. The molecule has 3 N–H and O–H groups in total. The number of ether oxygens (including phenoxy) is 3. The zero-order valence-electron chi connectivity index (χ0n) is 18.1. The van der Waals surface area contributed by atoms with Crippen LogP contribution in [0.3, 0.4) is 0 Å². The second-order valence-electron chi connectivity index (χ2n) is 6.96. The van der Waals surface area contributed by atoms with E-state index in [0.29, 0.717) is 33.9 Å². The molecule has 9 nitrogen and oxygen atoms in total. The molecule has 3 aromatic carbocycles. The van der Waals surface area contributed by atoms with Gasteiger partial charge in [-0.05, 0) is 36.4 Å². The highest BCUT2D eigenvalue weighted by Gasteiger charge is 2.19. The highest BCUT2D eigenvalue weighted by atomic mass is 16.5. The van der Waals surface area contributed by atoms with Crippen molar-refractivity contribution in [3.63, 3.8) is 0 Å². The van der Waals surface area contributed by atoms with Crippen molar-refractivity contribution < 1.29 is 29.5 Å². The number of methoxy groups -OCH3 is 3. The van der Waals surface area contributed by atoms with Crippen molar-refractivity contribution in [1.29, 1.82) is 0 Å². The predicted molar refractivity (Wildman–Crippen MR) is 128 cm³/mol. The smallest absolute Gasteiger partial charge is 0.167 e. The van der Waals surface area contributed by atoms with Gasteiger partial charge in [0.05, 0.1) is 38.0 Å². The van der Waals surface area contributed by atoms with Gasteiger partial charge in [0.25, 0.3) is 0 Å². The second kappa shape index (κ2) is 9.95. The van der Waals surface area contributed by atoms with E-state index in [4.69, 9.17) is 14.2 Å². The van der Waals surface area contributed by atoms with Crippen molar-refractivity contribution in [3.05, 3.63) is 54.6 Å². The van der Waals surface area contributed by atoms with Crippen LogP contribution >= 0.6 is 0 Å². The lowest BCUT2D eigenvalue weighted by Crippen LogP contribution is -2.01. The van der Waals surface area contributed by atoms with E-state index in [9.17, 15) is 15.3 Å². The molecule has 0 saturated carbocycles. The fourth-order valence-corrected chi connectivity index (χ4v) is 3.22. The van der Waals surface area contributed by atoms with Gasteiger partial charge < -0.3 is 29.5 Å². The molecule has 0 bridgehead atoms. The average molecular weight is 463 g/mol. The van der Waals surface area contributed by atoms with E-state index >= 15 is 0 Å². The van der Waals surface area contributed by atoms with Crippen LogP contribution < -0.4 is 14.2 Å². The van der Waals surface area contributed by atoms with Gasteiger partial charge in [-0.1, -0.05) is 7.43 Å². The third kappa shape index (κ3) is 4.63. The van der Waals surface area contributed by atoms with Crippen LogP contribution in [0.2, 0.25) is 0 Å². The molecule has 0 spiro atoms. The first-order chi connectivity index (χ1) is 15.9. The summed E-state index contributed by atoms with van der Waals surface area (Å²) in [6.45, 7) is 0. The van der Waals surface area contributed by atoms with E-state index in [-0.39, 0.29) is 42.1 Å². The predicted octanol–water partition coefficient (Wildman–Crippen LogP) is 4.65. The Hall–Kier alpha value is -4.53. The number of aromatic nitrogens is 3. The lowest BCUT2D eigenvalue weighted by molar-refractivity contribution is 0.408. The molecule has 0 aliphatic rings. The first-order valence-electron chi connectivity index (χ1n) is 9.81. The maximum absolute atomic E-state index is 10.5. The summed E-state index contributed by atoms with van der Waals surface area (Å²) in [6, 6.07) is 14.1. The Balaban J connectivity index is 0.00000324. The quantitative estimate of drug-likeness (QED) is 0.374. The summed E-state index contributed by atoms with van der Waals surface area (Å²) in [4.78, 5) is 13.4. The fraction of sp³-hybridized carbons (Fsp3) is 0.160. The van der Waals surface area contributed by atoms with Gasteiger partial charge in [-0.25, -0.2) is 15.0 Å². The van der Waals surface area contributed by atoms with Crippen LogP contribution in [0.1, 0.15) is 7.43 Å². The van der Waals surface area contributed by atoms with Crippen molar-refractivity contribution in [2.45, 2.75) is 7.43 Å². The third-order valence-electron chi connectivity index (χ3n) is 4.97. The van der Waals surface area contributed by atoms with Gasteiger partial charge in [0.15, 0.2) is 17.5 Å². The summed E-state index contributed by atoms with van der Waals surface area (Å²) in [5.74, 6) is 1.51. The molecular formula is C25H25N3O6. The van der Waals surface area contributed by atoms with E-state index < -0.39 is 0 Å². The van der Waals surface area contributed by atoms with E-state index in [1.807, 2.05) is 0 Å². The number of benzene rings is 3. The van der Waals surface area contributed by atoms with Crippen LogP contribution in [0, 0.1) is 0 Å². The molecule has 1 heterocycles. The molecule has 0 atom stereocenters. The molecule has 0 unspecified atom stereocenters. The molecule has 0 amide bonds. The number of nitrogens with zero attached hydrogens (tertiary/aromatic N) is 3. The Morgan fingerprint density at radius 2 is 0.765 bits per heavy atom. The van der Waals surface area contributed by atoms with Crippen LogP contribution in [-0.2, 0) is 0 Å². The molecule has 0 aliphatic heterocycles. The minimum Gasteiger partial charge on any atom is -0.507 e. The van der Waals surface area contributed by atoms with Gasteiger partial charge in [0, 0.05) is 18.2 Å². The monoisotopic (exact) mass is 463 g/mol. The standard InChI is InChI=1S/C24H21N3O6.CH4/c1-31-13-4-7-16(19(28)10-13)22-25-23(17-8-5-14(32-2)11-20(17)29)27-24(26-22)18-9-6-15(33-3)12-21(18)30;/h4-12,28-30H,1-3H3;1H4. The number of phenolic OH excluding ortho intramolecular Hbond substituents is 3. The van der Waals surface area contributed by atoms with E-state index in [2.05, 4.69) is 15.0 Å². The second-order valence-corrected chi connectivity index (χ2v) is 6.96. The number of rotatable bonds is 6. The SMILES string of the molecule is C.COc1ccc(-c2nc(-c3ccc(OC)cc3O)nc(-c3ccc(OC)cc3O)n2)c(O)c1. The van der Waals surface area contributed by atoms with Crippen LogP contribution in [0.4, 0.5) is 0 Å². The van der Waals surface area contributed by atoms with Crippen molar-refractivity contribution in [3.8, 4) is 68.7 Å². The van der Waals surface area contributed by atoms with Gasteiger partial charge in [0.2, 0.25) is 0 Å². The summed E-state index contributed by atoms with van der Waals surface area (Å²) in [7, 11) is 4.48. The first-order valence-corrected chi connectivity index (χ1v) is 9.81. The summed E-state index contributed by atoms with van der Waals surface area (Å²) >= 11 is 0. The molecule has 0 fully saturated rings. The highest BCUT2D eigenvalue weighted by molar-refractivity contribution is 5.74. The lowest BCUT2D eigenvalue weighted by atomic mass is 10.1. The van der Waals surface area contributed by atoms with Crippen LogP contribution in [-0.4, -0.2) is 51.6 Å². The first kappa shape index (κ1) is 24.1. The lowest BCUT2D eigenvalue weighted by Gasteiger charge is -2.12. The summed E-state index contributed by atoms with van der Waals surface area (Å²) < 4.78 is 15.4. The Bertz CT molecular complexity index is 1150. The Morgan fingerprint density at radius 3 is 0.971 bits per heavy atom. The fourth-order valence-electron chi connectivity index (χ4n) is 3.22. The zero-order chi connectivity index (χ0) is 23.5. The third-order valence-corrected chi connectivity index (χ3v) is 4.97. The van der Waals surface area contributed by atoms with E-state index in [1.165, 1.54) is 39.5 Å². The molecule has 0 radical (unpaired) electrons. The van der Waals surface area contributed by atoms with Crippen molar-refractivity contribution >= 4 is 0 Å². The number of aromatic hydroxyl groups is 3. The van der Waals surface area contributed by atoms with Crippen molar-refractivity contribution in [1.82, 2.24) is 15.0 Å². The molecule has 1 aromatic heterocycles. The van der Waals surface area contributed by atoms with Gasteiger partial charge in [-0.2, -0.15) is 0 Å². The van der Waals surface area contributed by atoms with Crippen LogP contribution in [0.5, 0.6) is 34.5 Å². The molecule has 4 rings (SSSR count). The maximum Gasteiger partial charge on any atom is 0.167 e. The summed E-state index contributed by atoms with van der Waals surface area (Å²) in [6.07, 6.45) is 0. The Morgan fingerprint density at radius 1 is 0.500 bits per heavy atom. The summed E-state index contributed by atoms with van der Waals surface area (Å²) in [5, 5.41) is 31.6. The topological polar surface area (TPSA) is 127 Å². The number of hydrogen-bond donors (Lipinski definition) is 3. The van der Waals surface area contributed by atoms with Crippen molar-refractivity contribution in [2.75, 3.05) is 21.3 Å². The largest absolute Gasteiger partial charge is 0.507 e. The summed E-state index contributed by atoms with van der Waals surface area (Å²) in [5.41, 5.74) is 0.963. The molecule has 0 saturated heterocycles. The van der Waals surface area contributed by atoms with Crippen LogP contribution in [0.25, 0.3) is 34.2 Å². The molecular weight excluding hydrogens is 438 g/mol. The molecule has 176 valence electrons. The molecule has 9 heteroatoms. The van der Waals surface area contributed by atoms with E-state index in [0.717, 1.165) is 0 Å². The highest BCUT2D eigenvalue weighted by Crippen LogP contribution is 2.37. The zero-order valence-corrected chi connectivity index (χ0v) is 18.1. The average Bonchev–Trinajstić information content (AvgIpc) is 2.83. The van der Waals surface area contributed by atoms with Gasteiger partial charge in [-0.15, -0.1) is 0 Å². The molecule has 34 heavy (non-hydrogen) atoms. The van der Waals surface area contributed by atoms with Crippen molar-refractivity contribution in [2.24, 2.45) is 0 Å². The Labute approximate surface area is 196 Å². The van der Waals surface area contributed by atoms with Gasteiger partial charge in [-0.3, -0.25) is 0 Å². The minimum absolute atomic E-state index is 0. The van der Waals surface area contributed by atoms with Crippen LogP contribution in [0.15, 0.2) is 54.6 Å². The van der Waals surface area contributed by atoms with Gasteiger partial charge in [0.1, 0.15) is 34.5 Å². The molecule has 0 aliphatic carbocycles. The minimum atomic E-state index is -0.102. The normalized spacial score (nSPS) is 10.3. The number of hydrogen-bond acceptors (Lipinski definition) is 9.